The van der Waals surface area contributed by atoms with Gasteiger partial charge in [0.05, 0.1) is 11.9 Å². The monoisotopic (exact) mass is 478 g/mol. The van der Waals surface area contributed by atoms with Gasteiger partial charge in [-0.25, -0.2) is 8.42 Å². The maximum Gasteiger partial charge on any atom is 0.249 e. The third kappa shape index (κ3) is 6.18. The molecule has 1 aromatic heterocycles. The van der Waals surface area contributed by atoms with Crippen molar-refractivity contribution in [1.29, 1.82) is 0 Å². The van der Waals surface area contributed by atoms with Gasteiger partial charge in [-0.05, 0) is 49.1 Å². The minimum absolute atomic E-state index is 0.327. The Morgan fingerprint density at radius 1 is 1.13 bits per heavy atom. The summed E-state index contributed by atoms with van der Waals surface area (Å²) in [5, 5.41) is 10.9. The van der Waals surface area contributed by atoms with E-state index in [0.717, 1.165) is 20.7 Å². The van der Waals surface area contributed by atoms with E-state index in [-0.39, 0.29) is 0 Å². The molecular formula is C20H22N4O4S3. The van der Waals surface area contributed by atoms with Crippen LogP contribution in [0.25, 0.3) is 0 Å². The molecule has 0 saturated carbocycles. The number of thioether (sulfide) groups is 1. The van der Waals surface area contributed by atoms with Crippen molar-refractivity contribution in [3.8, 4) is 11.5 Å². The highest BCUT2D eigenvalue weighted by Gasteiger charge is 2.29. The zero-order valence-corrected chi connectivity index (χ0v) is 19.6. The lowest BCUT2D eigenvalue weighted by Crippen LogP contribution is -2.45. The molecule has 1 amide bonds. The van der Waals surface area contributed by atoms with Gasteiger partial charge in [0.2, 0.25) is 21.1 Å². The molecule has 0 spiro atoms. The van der Waals surface area contributed by atoms with E-state index in [1.54, 1.807) is 24.3 Å². The van der Waals surface area contributed by atoms with Crippen molar-refractivity contribution in [3.63, 3.8) is 0 Å². The van der Waals surface area contributed by atoms with E-state index in [1.807, 2.05) is 37.3 Å². The van der Waals surface area contributed by atoms with Crippen LogP contribution < -0.4 is 14.4 Å². The molecule has 0 saturated heterocycles. The number of aromatic nitrogens is 2. The van der Waals surface area contributed by atoms with Crippen molar-refractivity contribution in [1.82, 2.24) is 10.2 Å². The van der Waals surface area contributed by atoms with Crippen molar-refractivity contribution in [2.45, 2.75) is 24.2 Å². The Morgan fingerprint density at radius 2 is 1.77 bits per heavy atom. The molecule has 11 heteroatoms. The second-order valence-electron chi connectivity index (χ2n) is 6.44. The number of carbonyl (C=O) groups is 1. The maximum atomic E-state index is 12.7. The van der Waals surface area contributed by atoms with Crippen LogP contribution in [0.15, 0.2) is 58.9 Å². The minimum Gasteiger partial charge on any atom is -0.457 e. The second-order valence-corrected chi connectivity index (χ2v) is 10.8. The number of hydrogen-bond donors (Lipinski definition) is 1. The first kappa shape index (κ1) is 23.0. The van der Waals surface area contributed by atoms with Crippen LogP contribution in [0.2, 0.25) is 0 Å². The van der Waals surface area contributed by atoms with Gasteiger partial charge in [-0.3, -0.25) is 14.4 Å². The van der Waals surface area contributed by atoms with Gasteiger partial charge in [-0.1, -0.05) is 48.2 Å². The largest absolute Gasteiger partial charge is 0.457 e. The summed E-state index contributed by atoms with van der Waals surface area (Å²) < 4.78 is 32.5. The van der Waals surface area contributed by atoms with Gasteiger partial charge < -0.3 is 4.74 Å². The summed E-state index contributed by atoms with van der Waals surface area (Å²) in [7, 11) is -3.73. The summed E-state index contributed by atoms with van der Waals surface area (Å²) in [5.41, 5.74) is 0.352. The maximum absolute atomic E-state index is 12.7. The Labute approximate surface area is 189 Å². The van der Waals surface area contributed by atoms with Crippen molar-refractivity contribution in [2.24, 2.45) is 0 Å². The van der Waals surface area contributed by atoms with Gasteiger partial charge in [-0.2, -0.15) is 0 Å². The van der Waals surface area contributed by atoms with Crippen LogP contribution in [0.3, 0.4) is 0 Å². The number of nitrogens with zero attached hydrogens (tertiary/aromatic N) is 3. The summed E-state index contributed by atoms with van der Waals surface area (Å²) in [5.74, 6) is 1.56. The van der Waals surface area contributed by atoms with Crippen LogP contribution in [0.5, 0.6) is 11.5 Å². The van der Waals surface area contributed by atoms with Crippen LogP contribution in [0.4, 0.5) is 10.8 Å². The van der Waals surface area contributed by atoms with E-state index in [1.165, 1.54) is 30.0 Å². The fraction of sp³-hybridized carbons (Fsp3) is 0.250. The van der Waals surface area contributed by atoms with Gasteiger partial charge in [-0.15, -0.1) is 10.2 Å². The predicted octanol–water partition coefficient (Wildman–Crippen LogP) is 4.24. The predicted molar refractivity (Wildman–Crippen MR) is 125 cm³/mol. The van der Waals surface area contributed by atoms with Crippen molar-refractivity contribution < 1.29 is 17.9 Å². The number of sulfonamides is 1. The number of rotatable bonds is 9. The Balaban J connectivity index is 1.76. The fourth-order valence-electron chi connectivity index (χ4n) is 2.75. The lowest BCUT2D eigenvalue weighted by molar-refractivity contribution is -0.116. The highest BCUT2D eigenvalue weighted by molar-refractivity contribution is 8.01. The number of hydrogen-bond acceptors (Lipinski definition) is 8. The number of para-hydroxylation sites is 1. The SMILES string of the molecule is CCSc1nnc(NC(=O)C(C)N(c2ccc(Oc3ccccc3)cc2)S(C)(=O)=O)s1. The van der Waals surface area contributed by atoms with Crippen LogP contribution in [0.1, 0.15) is 13.8 Å². The third-order valence-corrected chi connectivity index (χ3v) is 7.16. The van der Waals surface area contributed by atoms with Gasteiger partial charge in [0.15, 0.2) is 4.34 Å². The van der Waals surface area contributed by atoms with E-state index >= 15 is 0 Å². The third-order valence-electron chi connectivity index (χ3n) is 4.06. The first-order chi connectivity index (χ1) is 14.8. The molecule has 3 rings (SSSR count). The highest BCUT2D eigenvalue weighted by Crippen LogP contribution is 2.28. The average Bonchev–Trinajstić information content (AvgIpc) is 3.16. The topological polar surface area (TPSA) is 101 Å². The quantitative estimate of drug-likeness (QED) is 0.363. The lowest BCUT2D eigenvalue weighted by Gasteiger charge is -2.28. The summed E-state index contributed by atoms with van der Waals surface area (Å²) in [6.07, 6.45) is 1.06. The molecule has 1 N–H and O–H groups in total. The number of carbonyl (C=O) groups excluding carboxylic acids is 1. The van der Waals surface area contributed by atoms with Crippen LogP contribution >= 0.6 is 23.1 Å². The molecule has 164 valence electrons. The summed E-state index contributed by atoms with van der Waals surface area (Å²) in [4.78, 5) is 12.7. The second kappa shape index (κ2) is 10.1. The fourth-order valence-corrected chi connectivity index (χ4v) is 5.57. The molecule has 8 nitrogen and oxygen atoms in total. The molecule has 0 aliphatic carbocycles. The first-order valence-electron chi connectivity index (χ1n) is 9.37. The molecule has 3 aromatic rings. The van der Waals surface area contributed by atoms with Gasteiger partial charge in [0.1, 0.15) is 17.5 Å². The zero-order chi connectivity index (χ0) is 22.4. The highest BCUT2D eigenvalue weighted by atomic mass is 32.2. The molecule has 0 aliphatic heterocycles. The lowest BCUT2D eigenvalue weighted by atomic mass is 10.2. The van der Waals surface area contributed by atoms with E-state index in [4.69, 9.17) is 4.74 Å². The Hall–Kier alpha value is -2.63. The standard InChI is InChI=1S/C20H22N4O4S3/c1-4-29-20-23-22-19(30-20)21-18(25)14(2)24(31(3,26)27)15-10-12-17(13-11-15)28-16-8-6-5-7-9-16/h5-14H,4H2,1-3H3,(H,21,22,25). The zero-order valence-electron chi connectivity index (χ0n) is 17.2. The number of amides is 1. The minimum atomic E-state index is -3.73. The van der Waals surface area contributed by atoms with Gasteiger partial charge in [0.25, 0.3) is 0 Å². The first-order valence-corrected chi connectivity index (χ1v) is 13.0. The summed E-state index contributed by atoms with van der Waals surface area (Å²) in [6.45, 7) is 3.51. The Kier molecular flexibility index (Phi) is 7.52. The molecule has 1 atom stereocenters. The van der Waals surface area contributed by atoms with Gasteiger partial charge in [0, 0.05) is 0 Å². The number of ether oxygens (including phenoxy) is 1. The van der Waals surface area contributed by atoms with Crippen molar-refractivity contribution in [2.75, 3.05) is 21.6 Å². The number of nitrogens with one attached hydrogen (secondary N) is 1. The van der Waals surface area contributed by atoms with Gasteiger partial charge >= 0.3 is 0 Å². The molecule has 2 aromatic carbocycles. The van der Waals surface area contributed by atoms with Crippen LogP contribution in [-0.2, 0) is 14.8 Å². The van der Waals surface area contributed by atoms with E-state index in [9.17, 15) is 13.2 Å². The Bertz CT molecular complexity index is 1120. The summed E-state index contributed by atoms with van der Waals surface area (Å²) >= 11 is 2.76. The van der Waals surface area contributed by atoms with Crippen LogP contribution in [0, 0.1) is 0 Å². The molecular weight excluding hydrogens is 456 g/mol. The summed E-state index contributed by atoms with van der Waals surface area (Å²) in [6, 6.07) is 14.8. The van der Waals surface area contributed by atoms with Crippen LogP contribution in [-0.4, -0.2) is 42.6 Å². The average molecular weight is 479 g/mol. The number of benzene rings is 2. The van der Waals surface area contributed by atoms with E-state index in [2.05, 4.69) is 15.5 Å². The van der Waals surface area contributed by atoms with Crippen molar-refractivity contribution in [3.05, 3.63) is 54.6 Å². The normalized spacial score (nSPS) is 12.2. The molecule has 0 aliphatic rings. The smallest absolute Gasteiger partial charge is 0.249 e. The Morgan fingerprint density at radius 3 is 2.39 bits per heavy atom. The van der Waals surface area contributed by atoms with E-state index < -0.39 is 22.0 Å². The van der Waals surface area contributed by atoms with E-state index in [0.29, 0.717) is 22.3 Å². The molecule has 0 radical (unpaired) electrons. The number of anilines is 2. The molecule has 0 bridgehead atoms. The van der Waals surface area contributed by atoms with Crippen molar-refractivity contribution >= 4 is 49.8 Å². The molecule has 31 heavy (non-hydrogen) atoms. The molecule has 0 fully saturated rings. The molecule has 1 heterocycles. The molecule has 1 unspecified atom stereocenters.